The van der Waals surface area contributed by atoms with E-state index in [4.69, 9.17) is 0 Å². The second-order valence-corrected chi connectivity index (χ2v) is 5.87. The Morgan fingerprint density at radius 1 is 1.30 bits per heavy atom. The molecule has 0 saturated carbocycles. The highest BCUT2D eigenvalue weighted by atomic mass is 16.2. The van der Waals surface area contributed by atoms with E-state index in [0.29, 0.717) is 6.42 Å². The maximum atomic E-state index is 12.4. The fraction of sp³-hybridized carbons (Fsp3) is 0.263. The van der Waals surface area contributed by atoms with E-state index in [-0.39, 0.29) is 11.9 Å². The molecule has 3 rings (SSSR count). The molecule has 2 aromatic heterocycles. The van der Waals surface area contributed by atoms with E-state index in [0.717, 1.165) is 17.5 Å². The second kappa shape index (κ2) is 6.65. The van der Waals surface area contributed by atoms with E-state index < -0.39 is 0 Å². The average Bonchev–Trinajstić information content (AvgIpc) is 3.06. The first-order valence-corrected chi connectivity index (χ1v) is 7.87. The maximum absolute atomic E-state index is 12.4. The van der Waals surface area contributed by atoms with Crippen molar-refractivity contribution in [3.05, 3.63) is 66.1 Å². The van der Waals surface area contributed by atoms with Crippen LogP contribution in [0.2, 0.25) is 0 Å². The summed E-state index contributed by atoms with van der Waals surface area (Å²) < 4.78 is 0. The van der Waals surface area contributed by atoms with Gasteiger partial charge in [0, 0.05) is 37.6 Å². The van der Waals surface area contributed by atoms with Gasteiger partial charge in [-0.3, -0.25) is 9.78 Å². The van der Waals surface area contributed by atoms with Crippen LogP contribution < -0.4 is 0 Å². The van der Waals surface area contributed by atoms with Crippen LogP contribution in [-0.2, 0) is 11.2 Å². The Kier molecular flexibility index (Phi) is 4.42. The van der Waals surface area contributed by atoms with Crippen LogP contribution in [0.15, 0.2) is 55.0 Å². The third-order valence-corrected chi connectivity index (χ3v) is 4.39. The summed E-state index contributed by atoms with van der Waals surface area (Å²) in [7, 11) is 1.86. The number of benzene rings is 1. The van der Waals surface area contributed by atoms with Crippen molar-refractivity contribution in [3.8, 4) is 0 Å². The van der Waals surface area contributed by atoms with Gasteiger partial charge < -0.3 is 9.88 Å². The molecule has 0 radical (unpaired) electrons. The first-order valence-electron chi connectivity index (χ1n) is 7.87. The highest BCUT2D eigenvalue weighted by Crippen LogP contribution is 2.20. The van der Waals surface area contributed by atoms with Crippen LogP contribution in [0.1, 0.15) is 30.5 Å². The number of aryl methyl sites for hydroxylation is 1. The molecule has 1 unspecified atom stereocenters. The quantitative estimate of drug-likeness (QED) is 0.781. The van der Waals surface area contributed by atoms with E-state index in [1.807, 2.05) is 38.5 Å². The Hall–Kier alpha value is -2.62. The van der Waals surface area contributed by atoms with Crippen LogP contribution in [0.3, 0.4) is 0 Å². The van der Waals surface area contributed by atoms with Gasteiger partial charge in [0.1, 0.15) is 0 Å². The lowest BCUT2D eigenvalue weighted by molar-refractivity contribution is -0.131. The van der Waals surface area contributed by atoms with Crippen LogP contribution in [0.5, 0.6) is 0 Å². The smallest absolute Gasteiger partial charge is 0.223 e. The van der Waals surface area contributed by atoms with Crippen LogP contribution in [0, 0.1) is 0 Å². The Labute approximate surface area is 136 Å². The summed E-state index contributed by atoms with van der Waals surface area (Å²) in [4.78, 5) is 21.5. The minimum atomic E-state index is 0.0309. The molecule has 1 amide bonds. The highest BCUT2D eigenvalue weighted by molar-refractivity contribution is 5.80. The highest BCUT2D eigenvalue weighted by Gasteiger charge is 2.17. The van der Waals surface area contributed by atoms with E-state index in [1.54, 1.807) is 11.1 Å². The standard InChI is InChI=1S/C19H21N3O/c1-14(17-4-3-10-20-13-17)22(2)19(23)8-6-15-5-7-18-16(12-15)9-11-21-18/h3-5,7,9-14,21H,6,8H2,1-2H3. The van der Waals surface area contributed by atoms with Gasteiger partial charge in [0.15, 0.2) is 0 Å². The molecule has 0 aliphatic carbocycles. The Balaban J connectivity index is 1.62. The molecular formula is C19H21N3O. The third kappa shape index (κ3) is 3.42. The number of hydrogen-bond acceptors (Lipinski definition) is 2. The van der Waals surface area contributed by atoms with E-state index >= 15 is 0 Å². The van der Waals surface area contributed by atoms with Crippen molar-refractivity contribution in [2.75, 3.05) is 7.05 Å². The largest absolute Gasteiger partial charge is 0.361 e. The number of fused-ring (bicyclic) bond motifs is 1. The summed E-state index contributed by atoms with van der Waals surface area (Å²) in [5, 5.41) is 1.19. The molecule has 0 fully saturated rings. The van der Waals surface area contributed by atoms with Crippen molar-refractivity contribution >= 4 is 16.8 Å². The number of hydrogen-bond donors (Lipinski definition) is 1. The Morgan fingerprint density at radius 2 is 2.17 bits per heavy atom. The molecular weight excluding hydrogens is 286 g/mol. The third-order valence-electron chi connectivity index (χ3n) is 4.39. The molecule has 2 heterocycles. The van der Waals surface area contributed by atoms with Gasteiger partial charge in [-0.1, -0.05) is 12.1 Å². The van der Waals surface area contributed by atoms with Gasteiger partial charge in [-0.15, -0.1) is 0 Å². The Morgan fingerprint density at radius 3 is 2.96 bits per heavy atom. The normalized spacial score (nSPS) is 12.3. The minimum Gasteiger partial charge on any atom is -0.361 e. The minimum absolute atomic E-state index is 0.0309. The number of rotatable bonds is 5. The number of carbonyl (C=O) groups is 1. The molecule has 1 aromatic carbocycles. The zero-order chi connectivity index (χ0) is 16.2. The molecule has 0 bridgehead atoms. The topological polar surface area (TPSA) is 49.0 Å². The molecule has 4 heteroatoms. The van der Waals surface area contributed by atoms with Crippen molar-refractivity contribution in [2.24, 2.45) is 0 Å². The van der Waals surface area contributed by atoms with Gasteiger partial charge in [0.25, 0.3) is 0 Å². The first kappa shape index (κ1) is 15.3. The molecule has 0 aliphatic rings. The van der Waals surface area contributed by atoms with Gasteiger partial charge in [-0.25, -0.2) is 0 Å². The first-order chi connectivity index (χ1) is 11.1. The summed E-state index contributed by atoms with van der Waals surface area (Å²) in [6.45, 7) is 2.03. The lowest BCUT2D eigenvalue weighted by Crippen LogP contribution is -2.29. The SMILES string of the molecule is CC(c1cccnc1)N(C)C(=O)CCc1ccc2[nH]ccc2c1. The predicted molar refractivity (Wildman–Crippen MR) is 92.0 cm³/mol. The number of nitrogens with zero attached hydrogens (tertiary/aromatic N) is 2. The molecule has 23 heavy (non-hydrogen) atoms. The van der Waals surface area contributed by atoms with Crippen molar-refractivity contribution < 1.29 is 4.79 Å². The maximum Gasteiger partial charge on any atom is 0.223 e. The molecule has 118 valence electrons. The Bertz CT molecular complexity index is 794. The lowest BCUT2D eigenvalue weighted by atomic mass is 10.1. The van der Waals surface area contributed by atoms with Crippen molar-refractivity contribution in [1.82, 2.24) is 14.9 Å². The van der Waals surface area contributed by atoms with Gasteiger partial charge >= 0.3 is 0 Å². The van der Waals surface area contributed by atoms with Crippen LogP contribution >= 0.6 is 0 Å². The van der Waals surface area contributed by atoms with Gasteiger partial charge in [-0.05, 0) is 54.1 Å². The van der Waals surface area contributed by atoms with Crippen LogP contribution in [0.25, 0.3) is 10.9 Å². The molecule has 1 N–H and O–H groups in total. The summed E-state index contributed by atoms with van der Waals surface area (Å²) in [5.41, 5.74) is 3.37. The fourth-order valence-corrected chi connectivity index (χ4v) is 2.75. The number of aromatic nitrogens is 2. The number of H-pyrrole nitrogens is 1. The predicted octanol–water partition coefficient (Wildman–Crippen LogP) is 3.72. The van der Waals surface area contributed by atoms with Gasteiger partial charge in [0.05, 0.1) is 6.04 Å². The van der Waals surface area contributed by atoms with Crippen LogP contribution in [0.4, 0.5) is 0 Å². The van der Waals surface area contributed by atoms with E-state index in [1.165, 1.54) is 10.9 Å². The summed E-state index contributed by atoms with van der Waals surface area (Å²) in [6.07, 6.45) is 6.76. The van der Waals surface area contributed by atoms with Gasteiger partial charge in [-0.2, -0.15) is 0 Å². The number of nitrogens with one attached hydrogen (secondary N) is 1. The zero-order valence-corrected chi connectivity index (χ0v) is 13.5. The average molecular weight is 307 g/mol. The van der Waals surface area contributed by atoms with E-state index in [2.05, 4.69) is 34.2 Å². The summed E-state index contributed by atoms with van der Waals surface area (Å²) in [6, 6.07) is 12.3. The molecule has 0 aliphatic heterocycles. The molecule has 4 nitrogen and oxygen atoms in total. The van der Waals surface area contributed by atoms with Crippen molar-refractivity contribution in [3.63, 3.8) is 0 Å². The zero-order valence-electron chi connectivity index (χ0n) is 13.5. The molecule has 0 spiro atoms. The summed E-state index contributed by atoms with van der Waals surface area (Å²) >= 11 is 0. The molecule has 1 atom stereocenters. The lowest BCUT2D eigenvalue weighted by Gasteiger charge is -2.25. The summed E-state index contributed by atoms with van der Waals surface area (Å²) in [5.74, 6) is 0.149. The van der Waals surface area contributed by atoms with Gasteiger partial charge in [0.2, 0.25) is 5.91 Å². The number of amides is 1. The monoisotopic (exact) mass is 307 g/mol. The second-order valence-electron chi connectivity index (χ2n) is 5.87. The number of carbonyl (C=O) groups excluding carboxylic acids is 1. The fourth-order valence-electron chi connectivity index (χ4n) is 2.75. The van der Waals surface area contributed by atoms with Crippen molar-refractivity contribution in [2.45, 2.75) is 25.8 Å². The number of pyridine rings is 1. The van der Waals surface area contributed by atoms with Crippen molar-refractivity contribution in [1.29, 1.82) is 0 Å². The van der Waals surface area contributed by atoms with Crippen LogP contribution in [-0.4, -0.2) is 27.8 Å². The molecule has 0 saturated heterocycles. The molecule has 3 aromatic rings. The van der Waals surface area contributed by atoms with E-state index in [9.17, 15) is 4.79 Å². The number of aromatic amines is 1.